The average molecular weight is 722 g/mol. The first-order valence-electron chi connectivity index (χ1n) is 15.1. The normalized spacial score (nSPS) is 15.2. The summed E-state index contributed by atoms with van der Waals surface area (Å²) in [6.45, 7) is 5.08. The van der Waals surface area contributed by atoms with Gasteiger partial charge in [0.15, 0.2) is 0 Å². The van der Waals surface area contributed by atoms with Gasteiger partial charge in [-0.2, -0.15) is 11.8 Å². The lowest BCUT2D eigenvalue weighted by Crippen LogP contribution is -2.61. The van der Waals surface area contributed by atoms with Gasteiger partial charge < -0.3 is 58.1 Å². The molecule has 0 bridgehead atoms. The van der Waals surface area contributed by atoms with Crippen molar-refractivity contribution in [3.05, 3.63) is 0 Å². The first-order chi connectivity index (χ1) is 22.7. The van der Waals surface area contributed by atoms with Crippen LogP contribution in [0.2, 0.25) is 0 Å². The number of carbonyl (C=O) groups is 9. The van der Waals surface area contributed by atoms with Gasteiger partial charge in [-0.1, -0.05) is 13.8 Å². The average Bonchev–Trinajstić information content (AvgIpc) is 2.98. The third-order valence-electron chi connectivity index (χ3n) is 6.51. The summed E-state index contributed by atoms with van der Waals surface area (Å²) >= 11 is 1.34. The molecule has 0 aliphatic carbocycles. The molecule has 0 aromatic rings. The lowest BCUT2D eigenvalue weighted by molar-refractivity contribution is -0.143. The van der Waals surface area contributed by atoms with Crippen LogP contribution in [0, 0.1) is 5.92 Å². The Bertz CT molecular complexity index is 1220. The molecule has 49 heavy (non-hydrogen) atoms. The number of hydrogen-bond donors (Lipinski definition) is 11. The second kappa shape index (κ2) is 22.2. The Hall–Kier alpha value is -4.50. The van der Waals surface area contributed by atoms with Gasteiger partial charge >= 0.3 is 17.9 Å². The van der Waals surface area contributed by atoms with E-state index >= 15 is 0 Å². The molecule has 0 spiro atoms. The summed E-state index contributed by atoms with van der Waals surface area (Å²) in [6.07, 6.45) is -1.83. The van der Waals surface area contributed by atoms with Crippen LogP contribution in [0.5, 0.6) is 0 Å². The number of carbonyl (C=O) groups excluding carboxylic acids is 6. The number of aliphatic hydroxyl groups is 1. The second-order valence-electron chi connectivity index (χ2n) is 11.5. The molecule has 0 saturated heterocycles. The van der Waals surface area contributed by atoms with Crippen molar-refractivity contribution in [1.29, 1.82) is 0 Å². The van der Waals surface area contributed by atoms with E-state index < -0.39 is 115 Å². The van der Waals surface area contributed by atoms with Crippen molar-refractivity contribution in [2.45, 2.75) is 95.7 Å². The number of rotatable bonds is 23. The third kappa shape index (κ3) is 18.0. The van der Waals surface area contributed by atoms with Crippen LogP contribution in [-0.4, -0.2) is 135 Å². The van der Waals surface area contributed by atoms with Crippen LogP contribution in [0.3, 0.4) is 0 Å². The van der Waals surface area contributed by atoms with Gasteiger partial charge in [0.1, 0.15) is 30.2 Å². The van der Waals surface area contributed by atoms with Crippen molar-refractivity contribution in [2.75, 3.05) is 18.6 Å². The summed E-state index contributed by atoms with van der Waals surface area (Å²) in [6, 6.07) is -9.07. The quantitative estimate of drug-likeness (QED) is 0.0480. The van der Waals surface area contributed by atoms with Crippen molar-refractivity contribution < 1.29 is 63.6 Å². The lowest BCUT2D eigenvalue weighted by Gasteiger charge is -2.27. The Morgan fingerprint density at radius 2 is 1.14 bits per heavy atom. The molecule has 0 aromatic carbocycles. The maximum atomic E-state index is 13.1. The number of thioether (sulfide) groups is 1. The monoisotopic (exact) mass is 721 g/mol. The maximum Gasteiger partial charge on any atom is 0.326 e. The highest BCUT2D eigenvalue weighted by Crippen LogP contribution is 2.06. The molecule has 0 unspecified atom stereocenters. The van der Waals surface area contributed by atoms with E-state index in [-0.39, 0.29) is 18.8 Å². The van der Waals surface area contributed by atoms with Crippen LogP contribution in [-0.2, 0) is 43.2 Å². The first kappa shape index (κ1) is 44.5. The zero-order valence-electron chi connectivity index (χ0n) is 27.8. The van der Waals surface area contributed by atoms with Gasteiger partial charge in [-0.05, 0) is 44.6 Å². The fourth-order valence-electron chi connectivity index (χ4n) is 4.00. The molecule has 12 N–H and O–H groups in total. The standard InChI is InChI=1S/C28H47N7O13S/c1-12(2)8-18(28(47)48)31-19(37)11-30-24(43)16(9-20(38)39)34-27(46)22(14(4)36)35-26(45)17(10-21(40)41)33-25(44)15(6-7-49-5)32-23(42)13(3)29/h12-18,22,36H,6-11,29H2,1-5H3,(H,30,43)(H,31,37)(H,32,42)(H,33,44)(H,34,46)(H,35,45)(H,38,39)(H,40,41)(H,47,48)/t13-,14+,15-,16-,17-,18-,22-/m0/s1. The Kier molecular flexibility index (Phi) is 20.2. The van der Waals surface area contributed by atoms with Gasteiger partial charge in [0.05, 0.1) is 31.5 Å². The van der Waals surface area contributed by atoms with Crippen molar-refractivity contribution in [2.24, 2.45) is 11.7 Å². The molecule has 0 saturated carbocycles. The Labute approximate surface area is 286 Å². The van der Waals surface area contributed by atoms with Crippen molar-refractivity contribution in [3.8, 4) is 0 Å². The van der Waals surface area contributed by atoms with E-state index in [1.165, 1.54) is 18.7 Å². The van der Waals surface area contributed by atoms with Crippen LogP contribution in [0.25, 0.3) is 0 Å². The van der Waals surface area contributed by atoms with Gasteiger partial charge in [-0.25, -0.2) is 4.79 Å². The summed E-state index contributed by atoms with van der Waals surface area (Å²) in [5, 5.41) is 51.2. The molecule has 20 nitrogen and oxygen atoms in total. The topological polar surface area (TPSA) is 333 Å². The first-order valence-corrected chi connectivity index (χ1v) is 16.5. The van der Waals surface area contributed by atoms with Gasteiger partial charge in [0, 0.05) is 0 Å². The maximum absolute atomic E-state index is 13.1. The minimum absolute atomic E-state index is 0.0817. The van der Waals surface area contributed by atoms with E-state index in [4.69, 9.17) is 5.73 Å². The van der Waals surface area contributed by atoms with Gasteiger partial charge in [-0.3, -0.25) is 38.4 Å². The van der Waals surface area contributed by atoms with E-state index in [2.05, 4.69) is 26.6 Å². The molecule has 0 aliphatic heterocycles. The van der Waals surface area contributed by atoms with Crippen molar-refractivity contribution >= 4 is 65.1 Å². The molecule has 0 aromatic heterocycles. The smallest absolute Gasteiger partial charge is 0.326 e. The fourth-order valence-corrected chi connectivity index (χ4v) is 4.47. The van der Waals surface area contributed by atoms with Gasteiger partial charge in [0.2, 0.25) is 35.4 Å². The van der Waals surface area contributed by atoms with Crippen molar-refractivity contribution in [1.82, 2.24) is 31.9 Å². The van der Waals surface area contributed by atoms with E-state index in [0.717, 1.165) is 6.92 Å². The van der Waals surface area contributed by atoms with E-state index in [0.29, 0.717) is 5.75 Å². The minimum atomic E-state index is -1.91. The molecule has 6 amide bonds. The SMILES string of the molecule is CSCC[C@H](NC(=O)[C@H](C)N)C(=O)N[C@@H](CC(=O)O)C(=O)N[C@H](C(=O)N[C@@H](CC(=O)O)C(=O)NCC(=O)N[C@@H](CC(C)C)C(=O)O)[C@@H](C)O. The van der Waals surface area contributed by atoms with Crippen LogP contribution < -0.4 is 37.6 Å². The molecule has 0 radical (unpaired) electrons. The molecule has 0 heterocycles. The molecule has 0 fully saturated rings. The number of amides is 6. The number of carboxylic acid groups (broad SMARTS) is 3. The Morgan fingerprint density at radius 3 is 1.59 bits per heavy atom. The second-order valence-corrected chi connectivity index (χ2v) is 12.5. The minimum Gasteiger partial charge on any atom is -0.481 e. The van der Waals surface area contributed by atoms with Gasteiger partial charge in [-0.15, -0.1) is 0 Å². The molecule has 7 atom stereocenters. The lowest BCUT2D eigenvalue weighted by atomic mass is 10.0. The zero-order chi connectivity index (χ0) is 38.0. The predicted octanol–water partition coefficient (Wildman–Crippen LogP) is -3.91. The van der Waals surface area contributed by atoms with Crippen LogP contribution in [0.4, 0.5) is 0 Å². The highest BCUT2D eigenvalue weighted by atomic mass is 32.2. The van der Waals surface area contributed by atoms with Crippen LogP contribution in [0.15, 0.2) is 0 Å². The predicted molar refractivity (Wildman–Crippen MR) is 173 cm³/mol. The molecule has 0 aliphatic rings. The largest absolute Gasteiger partial charge is 0.481 e. The van der Waals surface area contributed by atoms with Crippen molar-refractivity contribution in [3.63, 3.8) is 0 Å². The summed E-state index contributed by atoms with van der Waals surface area (Å²) in [4.78, 5) is 111. The number of aliphatic hydroxyl groups excluding tert-OH is 1. The summed E-state index contributed by atoms with van der Waals surface area (Å²) in [5.74, 6) is -10.4. The van der Waals surface area contributed by atoms with E-state index in [1.807, 2.05) is 5.32 Å². The third-order valence-corrected chi connectivity index (χ3v) is 7.15. The summed E-state index contributed by atoms with van der Waals surface area (Å²) < 4.78 is 0. The highest BCUT2D eigenvalue weighted by molar-refractivity contribution is 7.98. The van der Waals surface area contributed by atoms with Crippen LogP contribution in [0.1, 0.15) is 53.4 Å². The molecule has 21 heteroatoms. The Balaban J connectivity index is 5.85. The molecule has 0 rings (SSSR count). The highest BCUT2D eigenvalue weighted by Gasteiger charge is 2.35. The van der Waals surface area contributed by atoms with E-state index in [9.17, 15) is 63.6 Å². The number of nitrogens with two attached hydrogens (primary N) is 1. The summed E-state index contributed by atoms with van der Waals surface area (Å²) in [7, 11) is 0. The Morgan fingerprint density at radius 1 is 0.653 bits per heavy atom. The molecular weight excluding hydrogens is 674 g/mol. The van der Waals surface area contributed by atoms with Crippen LogP contribution >= 0.6 is 11.8 Å². The number of nitrogens with one attached hydrogen (secondary N) is 6. The molecular formula is C28H47N7O13S. The molecule has 278 valence electrons. The summed E-state index contributed by atoms with van der Waals surface area (Å²) in [5.41, 5.74) is 5.54. The fraction of sp³-hybridized carbons (Fsp3) is 0.679. The van der Waals surface area contributed by atoms with Gasteiger partial charge in [0.25, 0.3) is 0 Å². The number of aliphatic carboxylic acids is 3. The number of carboxylic acids is 3. The zero-order valence-corrected chi connectivity index (χ0v) is 28.6. The van der Waals surface area contributed by atoms with E-state index in [1.54, 1.807) is 20.1 Å². The number of hydrogen-bond acceptors (Lipinski definition) is 12.